The maximum absolute atomic E-state index is 13.3. The van der Waals surface area contributed by atoms with Crippen molar-refractivity contribution in [2.45, 2.75) is 18.8 Å². The Morgan fingerprint density at radius 3 is 2.75 bits per heavy atom. The van der Waals surface area contributed by atoms with Crippen LogP contribution in [-0.2, 0) is 4.79 Å². The molecule has 2 N–H and O–H groups in total. The van der Waals surface area contributed by atoms with Gasteiger partial charge in [0.05, 0.1) is 4.92 Å². The maximum Gasteiger partial charge on any atom is 0.270 e. The normalized spacial score (nSPS) is 18.3. The van der Waals surface area contributed by atoms with Crippen molar-refractivity contribution < 1.29 is 14.1 Å². The van der Waals surface area contributed by atoms with E-state index in [9.17, 15) is 19.3 Å². The van der Waals surface area contributed by atoms with Gasteiger partial charge in [0.1, 0.15) is 5.82 Å². The predicted octanol–water partition coefficient (Wildman–Crippen LogP) is 3.65. The molecule has 0 spiro atoms. The van der Waals surface area contributed by atoms with E-state index in [-0.39, 0.29) is 35.2 Å². The van der Waals surface area contributed by atoms with Crippen LogP contribution in [0.3, 0.4) is 0 Å². The Morgan fingerprint density at radius 2 is 2.00 bits per heavy atom. The highest BCUT2D eigenvalue weighted by Crippen LogP contribution is 2.42. The summed E-state index contributed by atoms with van der Waals surface area (Å²) < 4.78 is 13.3. The fraction of sp³-hybridized carbons (Fsp3) is 0.211. The zero-order chi connectivity index (χ0) is 19.7. The summed E-state index contributed by atoms with van der Waals surface area (Å²) >= 11 is 0. The molecule has 0 aliphatic heterocycles. The predicted molar refractivity (Wildman–Crippen MR) is 99.0 cm³/mol. The number of nitro groups is 1. The Bertz CT molecular complexity index is 1050. The van der Waals surface area contributed by atoms with E-state index in [1.165, 1.54) is 24.3 Å². The zero-order valence-electron chi connectivity index (χ0n) is 14.6. The van der Waals surface area contributed by atoms with Gasteiger partial charge >= 0.3 is 0 Å². The van der Waals surface area contributed by atoms with E-state index in [2.05, 4.69) is 20.5 Å². The molecule has 1 saturated carbocycles. The summed E-state index contributed by atoms with van der Waals surface area (Å²) in [6, 6.07) is 12.4. The summed E-state index contributed by atoms with van der Waals surface area (Å²) in [6.45, 7) is 0. The minimum Gasteiger partial charge on any atom is -0.293 e. The lowest BCUT2D eigenvalue weighted by molar-refractivity contribution is -0.384. The van der Waals surface area contributed by atoms with Crippen molar-refractivity contribution in [2.75, 3.05) is 5.32 Å². The summed E-state index contributed by atoms with van der Waals surface area (Å²) in [4.78, 5) is 26.9. The third-order valence-corrected chi connectivity index (χ3v) is 4.88. The maximum atomic E-state index is 13.3. The van der Waals surface area contributed by atoms with Crippen LogP contribution in [-0.4, -0.2) is 26.0 Å². The van der Waals surface area contributed by atoms with Crippen molar-refractivity contribution in [1.82, 2.24) is 15.2 Å². The number of non-ortho nitro benzene ring substituents is 1. The lowest BCUT2D eigenvalue weighted by Crippen LogP contribution is -2.33. The van der Waals surface area contributed by atoms with E-state index >= 15 is 0 Å². The van der Waals surface area contributed by atoms with Gasteiger partial charge in [-0.25, -0.2) is 4.39 Å². The average Bonchev–Trinajstić information content (AvgIpc) is 3.09. The molecule has 2 aromatic carbocycles. The van der Waals surface area contributed by atoms with Gasteiger partial charge < -0.3 is 0 Å². The van der Waals surface area contributed by atoms with Gasteiger partial charge in [-0.2, -0.15) is 4.98 Å². The van der Waals surface area contributed by atoms with Crippen molar-refractivity contribution in [3.63, 3.8) is 0 Å². The van der Waals surface area contributed by atoms with Crippen LogP contribution < -0.4 is 5.32 Å². The molecule has 1 fully saturated rings. The smallest absolute Gasteiger partial charge is 0.270 e. The number of carbonyl (C=O) groups is 1. The third kappa shape index (κ3) is 3.59. The van der Waals surface area contributed by atoms with Gasteiger partial charge in [0.2, 0.25) is 11.9 Å². The molecule has 4 rings (SSSR count). The topological polar surface area (TPSA) is 114 Å². The Balaban J connectivity index is 1.38. The minimum atomic E-state index is -0.492. The van der Waals surface area contributed by atoms with Crippen LogP contribution in [0, 0.1) is 21.8 Å². The van der Waals surface area contributed by atoms with E-state index in [4.69, 9.17) is 0 Å². The van der Waals surface area contributed by atoms with Crippen LogP contribution >= 0.6 is 0 Å². The van der Waals surface area contributed by atoms with Gasteiger partial charge in [0.15, 0.2) is 5.82 Å². The van der Waals surface area contributed by atoms with E-state index < -0.39 is 4.92 Å². The first-order valence-electron chi connectivity index (χ1n) is 8.73. The van der Waals surface area contributed by atoms with Crippen LogP contribution in [0.1, 0.15) is 24.3 Å². The number of aromatic amines is 1. The Labute approximate surface area is 159 Å². The molecular formula is C19H16FN5O3. The number of carbonyl (C=O) groups excluding carboxylic acids is 1. The van der Waals surface area contributed by atoms with Crippen LogP contribution in [0.2, 0.25) is 0 Å². The van der Waals surface area contributed by atoms with E-state index in [0.29, 0.717) is 24.2 Å². The number of rotatable bonds is 5. The van der Waals surface area contributed by atoms with Gasteiger partial charge in [-0.15, -0.1) is 5.10 Å². The number of aromatic nitrogens is 3. The number of H-pyrrole nitrogens is 1. The third-order valence-electron chi connectivity index (χ3n) is 4.88. The molecule has 0 saturated heterocycles. The Hall–Kier alpha value is -3.62. The molecule has 1 aromatic heterocycles. The van der Waals surface area contributed by atoms with E-state index in [1.807, 2.05) is 6.07 Å². The SMILES string of the molecule is O=C(Nc1n[nH]c(-c2cccc([N+](=O)[O-])c2)n1)C1CC(c2cccc(F)c2)C1. The molecule has 1 amide bonds. The number of nitrogens with zero attached hydrogens (tertiary/aromatic N) is 3. The van der Waals surface area contributed by atoms with Crippen molar-refractivity contribution in [3.8, 4) is 11.4 Å². The molecule has 9 heteroatoms. The second-order valence-corrected chi connectivity index (χ2v) is 6.72. The number of amides is 1. The van der Waals surface area contributed by atoms with Crippen LogP contribution in [0.4, 0.5) is 16.0 Å². The number of hydrogen-bond donors (Lipinski definition) is 2. The molecule has 0 bridgehead atoms. The summed E-state index contributed by atoms with van der Waals surface area (Å²) in [5.41, 5.74) is 1.34. The number of benzene rings is 2. The molecule has 1 aliphatic rings. The highest BCUT2D eigenvalue weighted by atomic mass is 19.1. The first-order valence-corrected chi connectivity index (χ1v) is 8.73. The average molecular weight is 381 g/mol. The summed E-state index contributed by atoms with van der Waals surface area (Å²) in [5, 5.41) is 20.2. The second-order valence-electron chi connectivity index (χ2n) is 6.72. The molecule has 0 unspecified atom stereocenters. The number of nitrogens with one attached hydrogen (secondary N) is 2. The van der Waals surface area contributed by atoms with Crippen molar-refractivity contribution in [3.05, 3.63) is 70.0 Å². The van der Waals surface area contributed by atoms with Gasteiger partial charge in [-0.05, 0) is 36.5 Å². The number of hydrogen-bond acceptors (Lipinski definition) is 5. The Morgan fingerprint density at radius 1 is 1.21 bits per heavy atom. The van der Waals surface area contributed by atoms with Crippen molar-refractivity contribution in [2.24, 2.45) is 5.92 Å². The summed E-state index contributed by atoms with van der Waals surface area (Å²) in [6.07, 6.45) is 1.27. The fourth-order valence-corrected chi connectivity index (χ4v) is 3.29. The molecule has 8 nitrogen and oxygen atoms in total. The van der Waals surface area contributed by atoms with Gasteiger partial charge in [0.25, 0.3) is 5.69 Å². The molecule has 0 radical (unpaired) electrons. The summed E-state index contributed by atoms with van der Waals surface area (Å²) in [7, 11) is 0. The highest BCUT2D eigenvalue weighted by Gasteiger charge is 2.35. The molecule has 1 heterocycles. The second kappa shape index (κ2) is 7.18. The van der Waals surface area contributed by atoms with Crippen molar-refractivity contribution in [1.29, 1.82) is 0 Å². The van der Waals surface area contributed by atoms with Crippen LogP contribution in [0.5, 0.6) is 0 Å². The first kappa shape index (κ1) is 17.8. The lowest BCUT2D eigenvalue weighted by atomic mass is 9.71. The van der Waals surface area contributed by atoms with E-state index in [1.54, 1.807) is 18.2 Å². The van der Waals surface area contributed by atoms with Crippen molar-refractivity contribution >= 4 is 17.5 Å². The monoisotopic (exact) mass is 381 g/mol. The summed E-state index contributed by atoms with van der Waals surface area (Å²) in [5.74, 6) is -0.0601. The molecule has 0 atom stereocenters. The van der Waals surface area contributed by atoms with Crippen LogP contribution in [0.15, 0.2) is 48.5 Å². The fourth-order valence-electron chi connectivity index (χ4n) is 3.29. The Kier molecular flexibility index (Phi) is 4.56. The van der Waals surface area contributed by atoms with Crippen LogP contribution in [0.25, 0.3) is 11.4 Å². The lowest BCUT2D eigenvalue weighted by Gasteiger charge is -2.34. The molecular weight excluding hydrogens is 365 g/mol. The minimum absolute atomic E-state index is 0.0580. The van der Waals surface area contributed by atoms with Gasteiger partial charge in [-0.3, -0.25) is 25.3 Å². The molecule has 142 valence electrons. The largest absolute Gasteiger partial charge is 0.293 e. The number of anilines is 1. The van der Waals surface area contributed by atoms with E-state index in [0.717, 1.165) is 5.56 Å². The standard InChI is InChI=1S/C19H16FN5O3/c20-15-5-1-3-11(9-15)13-7-14(8-13)18(26)22-19-21-17(23-24-19)12-4-2-6-16(10-12)25(27)28/h1-6,9-10,13-14H,7-8H2,(H2,21,22,23,24,26). The quantitative estimate of drug-likeness (QED) is 0.517. The molecule has 1 aliphatic carbocycles. The number of halogens is 1. The van der Waals surface area contributed by atoms with Gasteiger partial charge in [0, 0.05) is 23.6 Å². The molecule has 3 aromatic rings. The first-order chi connectivity index (χ1) is 13.5. The van der Waals surface area contributed by atoms with Gasteiger partial charge in [-0.1, -0.05) is 24.3 Å². The zero-order valence-corrected chi connectivity index (χ0v) is 14.6. The molecule has 28 heavy (non-hydrogen) atoms. The number of nitro benzene ring substituents is 1. The highest BCUT2D eigenvalue weighted by molar-refractivity contribution is 5.91.